The van der Waals surface area contributed by atoms with Crippen molar-refractivity contribution in [2.24, 2.45) is 0 Å². The van der Waals surface area contributed by atoms with Crippen molar-refractivity contribution < 1.29 is 17.9 Å². The van der Waals surface area contributed by atoms with E-state index >= 15 is 0 Å². The number of ether oxygens (including phenoxy) is 2. The lowest BCUT2D eigenvalue weighted by atomic mass is 10.3. The van der Waals surface area contributed by atoms with Gasteiger partial charge < -0.3 is 14.8 Å². The van der Waals surface area contributed by atoms with Crippen LogP contribution >= 0.6 is 11.3 Å². The van der Waals surface area contributed by atoms with E-state index in [2.05, 4.69) is 5.32 Å². The van der Waals surface area contributed by atoms with Crippen molar-refractivity contribution in [3.8, 4) is 0 Å². The Morgan fingerprint density at radius 3 is 2.67 bits per heavy atom. The molecule has 0 aliphatic heterocycles. The number of methoxy groups -OCH3 is 2. The highest BCUT2D eigenvalue weighted by atomic mass is 32.2. The van der Waals surface area contributed by atoms with E-state index in [1.807, 2.05) is 14.0 Å². The summed E-state index contributed by atoms with van der Waals surface area (Å²) in [7, 11) is 1.42. The highest BCUT2D eigenvalue weighted by molar-refractivity contribution is 7.89. The van der Waals surface area contributed by atoms with Crippen molar-refractivity contribution in [1.82, 2.24) is 9.62 Å². The first-order chi connectivity index (χ1) is 9.97. The molecule has 0 spiro atoms. The Morgan fingerprint density at radius 1 is 1.38 bits per heavy atom. The fourth-order valence-corrected chi connectivity index (χ4v) is 4.86. The van der Waals surface area contributed by atoms with Gasteiger partial charge in [0.15, 0.2) is 0 Å². The largest absolute Gasteiger partial charge is 0.383 e. The SMILES string of the molecule is CNCc1cc(S(=O)(=O)N(CCOC)C(C)COC)cs1. The molecule has 21 heavy (non-hydrogen) atoms. The van der Waals surface area contributed by atoms with Gasteiger partial charge in [0.25, 0.3) is 0 Å². The summed E-state index contributed by atoms with van der Waals surface area (Å²) in [5, 5.41) is 4.70. The van der Waals surface area contributed by atoms with Crippen molar-refractivity contribution in [3.63, 3.8) is 0 Å². The van der Waals surface area contributed by atoms with Crippen LogP contribution in [0, 0.1) is 0 Å². The Bertz CT molecular complexity index is 516. The van der Waals surface area contributed by atoms with Crippen LogP contribution in [0.3, 0.4) is 0 Å². The van der Waals surface area contributed by atoms with E-state index in [0.29, 0.717) is 31.2 Å². The molecule has 1 heterocycles. The number of nitrogens with one attached hydrogen (secondary N) is 1. The normalized spacial score (nSPS) is 13.8. The van der Waals surface area contributed by atoms with Gasteiger partial charge in [0.05, 0.1) is 18.1 Å². The van der Waals surface area contributed by atoms with Crippen LogP contribution in [0.25, 0.3) is 0 Å². The van der Waals surface area contributed by atoms with E-state index in [0.717, 1.165) is 4.88 Å². The monoisotopic (exact) mass is 336 g/mol. The molecule has 1 rings (SSSR count). The molecule has 0 amide bonds. The molecule has 0 saturated heterocycles. The fourth-order valence-electron chi connectivity index (χ4n) is 1.98. The molecule has 8 heteroatoms. The molecule has 0 aromatic carbocycles. The van der Waals surface area contributed by atoms with E-state index in [4.69, 9.17) is 9.47 Å². The zero-order chi connectivity index (χ0) is 15.9. The van der Waals surface area contributed by atoms with Gasteiger partial charge in [-0.05, 0) is 20.0 Å². The number of hydrogen-bond acceptors (Lipinski definition) is 6. The Morgan fingerprint density at radius 2 is 2.10 bits per heavy atom. The summed E-state index contributed by atoms with van der Waals surface area (Å²) in [5.74, 6) is 0. The molecule has 0 aliphatic carbocycles. The predicted octanol–water partition coefficient (Wildman–Crippen LogP) is 1.14. The second-order valence-corrected chi connectivity index (χ2v) is 7.58. The molecule has 0 saturated carbocycles. The molecule has 0 aliphatic rings. The third kappa shape index (κ3) is 5.01. The van der Waals surface area contributed by atoms with E-state index < -0.39 is 10.0 Å². The predicted molar refractivity (Wildman–Crippen MR) is 84.2 cm³/mol. The van der Waals surface area contributed by atoms with Crippen LogP contribution in [0.2, 0.25) is 0 Å². The maximum atomic E-state index is 12.8. The van der Waals surface area contributed by atoms with Gasteiger partial charge in [-0.15, -0.1) is 11.3 Å². The van der Waals surface area contributed by atoms with E-state index in [9.17, 15) is 8.42 Å². The second kappa shape index (κ2) is 8.82. The summed E-state index contributed by atoms with van der Waals surface area (Å²) in [5.41, 5.74) is 0. The van der Waals surface area contributed by atoms with Crippen LogP contribution in [0.1, 0.15) is 11.8 Å². The highest BCUT2D eigenvalue weighted by Gasteiger charge is 2.29. The number of nitrogens with zero attached hydrogens (tertiary/aromatic N) is 1. The minimum Gasteiger partial charge on any atom is -0.383 e. The molecule has 1 aromatic heterocycles. The number of thiophene rings is 1. The van der Waals surface area contributed by atoms with E-state index in [-0.39, 0.29) is 6.04 Å². The molecule has 0 bridgehead atoms. The Labute approximate surface area is 131 Å². The molecular formula is C13H24N2O4S2. The van der Waals surface area contributed by atoms with Crippen LogP contribution in [0.5, 0.6) is 0 Å². The number of sulfonamides is 1. The molecule has 1 atom stereocenters. The third-order valence-corrected chi connectivity index (χ3v) is 6.08. The first-order valence-corrected chi connectivity index (χ1v) is 9.01. The molecule has 0 radical (unpaired) electrons. The lowest BCUT2D eigenvalue weighted by Crippen LogP contribution is -2.42. The van der Waals surface area contributed by atoms with Crippen molar-refractivity contribution in [3.05, 3.63) is 16.3 Å². The van der Waals surface area contributed by atoms with Crippen molar-refractivity contribution in [1.29, 1.82) is 0 Å². The van der Waals surface area contributed by atoms with Crippen LogP contribution in [-0.2, 0) is 26.0 Å². The van der Waals surface area contributed by atoms with Gasteiger partial charge in [-0.2, -0.15) is 4.31 Å². The summed E-state index contributed by atoms with van der Waals surface area (Å²) < 4.78 is 37.1. The summed E-state index contributed by atoms with van der Waals surface area (Å²) in [6.45, 7) is 3.49. The maximum absolute atomic E-state index is 12.8. The quantitative estimate of drug-likeness (QED) is 0.694. The topological polar surface area (TPSA) is 67.9 Å². The van der Waals surface area contributed by atoms with Gasteiger partial charge in [0.2, 0.25) is 10.0 Å². The molecular weight excluding hydrogens is 312 g/mol. The summed E-state index contributed by atoms with van der Waals surface area (Å²) >= 11 is 1.44. The van der Waals surface area contributed by atoms with Gasteiger partial charge in [-0.25, -0.2) is 8.42 Å². The summed E-state index contributed by atoms with van der Waals surface area (Å²) in [6.07, 6.45) is 0. The average Bonchev–Trinajstić information content (AvgIpc) is 2.89. The molecule has 1 N–H and O–H groups in total. The van der Waals surface area contributed by atoms with Crippen LogP contribution < -0.4 is 5.32 Å². The van der Waals surface area contributed by atoms with Crippen molar-refractivity contribution in [2.75, 3.05) is 41.0 Å². The van der Waals surface area contributed by atoms with Gasteiger partial charge in [0, 0.05) is 43.6 Å². The Kier molecular flexibility index (Phi) is 7.78. The minimum absolute atomic E-state index is 0.247. The van der Waals surface area contributed by atoms with Crippen molar-refractivity contribution in [2.45, 2.75) is 24.4 Å². The van der Waals surface area contributed by atoms with Crippen LogP contribution in [-0.4, -0.2) is 59.8 Å². The first kappa shape index (κ1) is 18.5. The second-order valence-electron chi connectivity index (χ2n) is 4.69. The van der Waals surface area contributed by atoms with Gasteiger partial charge in [-0.3, -0.25) is 0 Å². The summed E-state index contributed by atoms with van der Waals surface area (Å²) in [6, 6.07) is 1.47. The Balaban J connectivity index is 3.00. The zero-order valence-corrected chi connectivity index (χ0v) is 14.6. The fraction of sp³-hybridized carbons (Fsp3) is 0.692. The lowest BCUT2D eigenvalue weighted by Gasteiger charge is -2.27. The van der Waals surface area contributed by atoms with Gasteiger partial charge in [0.1, 0.15) is 0 Å². The first-order valence-electron chi connectivity index (χ1n) is 6.69. The Hall–Kier alpha value is -0.510. The molecule has 122 valence electrons. The highest BCUT2D eigenvalue weighted by Crippen LogP contribution is 2.24. The van der Waals surface area contributed by atoms with Crippen LogP contribution in [0.15, 0.2) is 16.3 Å². The van der Waals surface area contributed by atoms with Crippen molar-refractivity contribution >= 4 is 21.4 Å². The van der Waals surface area contributed by atoms with E-state index in [1.54, 1.807) is 25.7 Å². The molecule has 6 nitrogen and oxygen atoms in total. The van der Waals surface area contributed by atoms with Gasteiger partial charge >= 0.3 is 0 Å². The molecule has 1 aromatic rings. The standard InChI is InChI=1S/C13H24N2O4S2/c1-11(9-19-4)15(5-6-18-3)21(16,17)13-7-12(8-14-2)20-10-13/h7,10-11,14H,5-6,8-9H2,1-4H3. The maximum Gasteiger partial charge on any atom is 0.244 e. The minimum atomic E-state index is -3.54. The van der Waals surface area contributed by atoms with Gasteiger partial charge in [-0.1, -0.05) is 0 Å². The third-order valence-electron chi connectivity index (χ3n) is 3.00. The molecule has 1 unspecified atom stereocenters. The smallest absolute Gasteiger partial charge is 0.244 e. The molecule has 0 fully saturated rings. The zero-order valence-electron chi connectivity index (χ0n) is 13.0. The van der Waals surface area contributed by atoms with E-state index in [1.165, 1.54) is 15.6 Å². The summed E-state index contributed by atoms with van der Waals surface area (Å²) in [4.78, 5) is 1.32. The lowest BCUT2D eigenvalue weighted by molar-refractivity contribution is 0.119. The van der Waals surface area contributed by atoms with Crippen LogP contribution in [0.4, 0.5) is 0 Å². The average molecular weight is 336 g/mol. The number of hydrogen-bond donors (Lipinski definition) is 1. The number of rotatable bonds is 10.